The van der Waals surface area contributed by atoms with Crippen molar-refractivity contribution in [1.82, 2.24) is 10.3 Å². The van der Waals surface area contributed by atoms with Crippen LogP contribution in [0.25, 0.3) is 10.9 Å². The van der Waals surface area contributed by atoms with Crippen molar-refractivity contribution in [2.24, 2.45) is 0 Å². The molecule has 4 rings (SSSR count). The van der Waals surface area contributed by atoms with Gasteiger partial charge >= 0.3 is 0 Å². The largest absolute Gasteiger partial charge is 0.357 e. The molecule has 1 aliphatic rings. The number of hydrogen-bond acceptors (Lipinski definition) is 1. The lowest BCUT2D eigenvalue weighted by Crippen LogP contribution is -2.30. The highest BCUT2D eigenvalue weighted by Crippen LogP contribution is 2.35. The molecular weight excluding hydrogens is 404 g/mol. The molecule has 0 bridgehead atoms. The standard InChI is InChI=1S/C18H16Br2N2/c1-10-2-3-16-15(6-10)14-4-5-21-17(18(14)22-16)11-7-12(19)9-13(20)8-11/h2-3,6-9,17,21-22H,4-5H2,1H3. The SMILES string of the molecule is Cc1ccc2[nH]c3c(c2c1)CCNC3c1cc(Br)cc(Br)c1. The second-order valence-electron chi connectivity index (χ2n) is 5.91. The number of rotatable bonds is 1. The second kappa shape index (κ2) is 5.52. The summed E-state index contributed by atoms with van der Waals surface area (Å²) in [5, 5.41) is 5.02. The molecule has 1 aromatic heterocycles. The average molecular weight is 420 g/mol. The molecule has 3 aromatic rings. The Balaban J connectivity index is 1.90. The highest BCUT2D eigenvalue weighted by molar-refractivity contribution is 9.11. The van der Waals surface area contributed by atoms with E-state index in [1.165, 1.54) is 33.3 Å². The quantitative estimate of drug-likeness (QED) is 0.554. The van der Waals surface area contributed by atoms with Crippen LogP contribution in [0.1, 0.15) is 28.4 Å². The molecule has 2 N–H and O–H groups in total. The molecule has 0 fully saturated rings. The number of aromatic amines is 1. The van der Waals surface area contributed by atoms with Crippen LogP contribution in [-0.2, 0) is 6.42 Å². The smallest absolute Gasteiger partial charge is 0.0733 e. The monoisotopic (exact) mass is 418 g/mol. The number of H-pyrrole nitrogens is 1. The molecule has 2 aromatic carbocycles. The topological polar surface area (TPSA) is 27.8 Å². The van der Waals surface area contributed by atoms with Gasteiger partial charge in [0.25, 0.3) is 0 Å². The summed E-state index contributed by atoms with van der Waals surface area (Å²) in [7, 11) is 0. The first-order valence-corrected chi connectivity index (χ1v) is 9.01. The number of benzene rings is 2. The Morgan fingerprint density at radius 2 is 1.82 bits per heavy atom. The first-order chi connectivity index (χ1) is 10.6. The van der Waals surface area contributed by atoms with Crippen molar-refractivity contribution in [3.05, 3.63) is 67.7 Å². The van der Waals surface area contributed by atoms with Crippen molar-refractivity contribution in [2.75, 3.05) is 6.54 Å². The van der Waals surface area contributed by atoms with Crippen LogP contribution < -0.4 is 5.32 Å². The summed E-state index contributed by atoms with van der Waals surface area (Å²) < 4.78 is 2.19. The van der Waals surface area contributed by atoms with Gasteiger partial charge in [0.05, 0.1) is 6.04 Å². The zero-order chi connectivity index (χ0) is 15.3. The molecule has 0 saturated carbocycles. The Hall–Kier alpha value is -1.10. The lowest BCUT2D eigenvalue weighted by atomic mass is 9.94. The van der Waals surface area contributed by atoms with E-state index in [0.717, 1.165) is 21.9 Å². The Kier molecular flexibility index (Phi) is 3.63. The Labute approximate surface area is 146 Å². The van der Waals surface area contributed by atoms with Crippen LogP contribution in [0, 0.1) is 6.92 Å². The third kappa shape index (κ3) is 2.43. The lowest BCUT2D eigenvalue weighted by Gasteiger charge is -2.25. The van der Waals surface area contributed by atoms with Crippen molar-refractivity contribution in [2.45, 2.75) is 19.4 Å². The van der Waals surface area contributed by atoms with Gasteiger partial charge in [-0.25, -0.2) is 0 Å². The summed E-state index contributed by atoms with van der Waals surface area (Å²) >= 11 is 7.19. The third-order valence-corrected chi connectivity index (χ3v) is 5.24. The van der Waals surface area contributed by atoms with Crippen LogP contribution in [0.15, 0.2) is 45.3 Å². The minimum atomic E-state index is 0.213. The molecule has 0 saturated heterocycles. The van der Waals surface area contributed by atoms with Gasteiger partial charge in [0.1, 0.15) is 0 Å². The van der Waals surface area contributed by atoms with Crippen LogP contribution in [0.3, 0.4) is 0 Å². The number of nitrogens with one attached hydrogen (secondary N) is 2. The Morgan fingerprint density at radius 1 is 1.05 bits per heavy atom. The van der Waals surface area contributed by atoms with Crippen molar-refractivity contribution in [3.8, 4) is 0 Å². The highest BCUT2D eigenvalue weighted by atomic mass is 79.9. The maximum absolute atomic E-state index is 3.65. The van der Waals surface area contributed by atoms with Crippen LogP contribution in [0.2, 0.25) is 0 Å². The molecule has 1 aliphatic heterocycles. The summed E-state index contributed by atoms with van der Waals surface area (Å²) in [6.45, 7) is 3.16. The van der Waals surface area contributed by atoms with Gasteiger partial charge in [0, 0.05) is 32.1 Å². The molecule has 112 valence electrons. The molecule has 2 nitrogen and oxygen atoms in total. The Morgan fingerprint density at radius 3 is 2.59 bits per heavy atom. The van der Waals surface area contributed by atoms with E-state index in [1.807, 2.05) is 0 Å². The van der Waals surface area contributed by atoms with E-state index in [9.17, 15) is 0 Å². The predicted octanol–water partition coefficient (Wildman–Crippen LogP) is 5.24. The summed E-state index contributed by atoms with van der Waals surface area (Å²) in [6, 6.07) is 13.3. The van der Waals surface area contributed by atoms with Crippen molar-refractivity contribution >= 4 is 42.8 Å². The second-order valence-corrected chi connectivity index (χ2v) is 7.74. The number of hydrogen-bond donors (Lipinski definition) is 2. The molecular formula is C18H16Br2N2. The zero-order valence-electron chi connectivity index (χ0n) is 12.2. The van der Waals surface area contributed by atoms with Crippen LogP contribution in [-0.4, -0.2) is 11.5 Å². The molecule has 22 heavy (non-hydrogen) atoms. The van der Waals surface area contributed by atoms with E-state index in [0.29, 0.717) is 0 Å². The van der Waals surface area contributed by atoms with Gasteiger partial charge < -0.3 is 10.3 Å². The van der Waals surface area contributed by atoms with Gasteiger partial charge in [-0.2, -0.15) is 0 Å². The molecule has 0 amide bonds. The summed E-state index contributed by atoms with van der Waals surface area (Å²) in [5.41, 5.74) is 6.58. The van der Waals surface area contributed by atoms with Gasteiger partial charge in [0.2, 0.25) is 0 Å². The maximum Gasteiger partial charge on any atom is 0.0733 e. The summed E-state index contributed by atoms with van der Waals surface area (Å²) in [5.74, 6) is 0. The van der Waals surface area contributed by atoms with Gasteiger partial charge in [-0.1, -0.05) is 43.5 Å². The summed E-state index contributed by atoms with van der Waals surface area (Å²) in [6.07, 6.45) is 1.07. The molecule has 2 heterocycles. The van der Waals surface area contributed by atoms with E-state index in [-0.39, 0.29) is 6.04 Å². The van der Waals surface area contributed by atoms with E-state index in [1.54, 1.807) is 0 Å². The third-order valence-electron chi connectivity index (χ3n) is 4.33. The van der Waals surface area contributed by atoms with E-state index in [4.69, 9.17) is 0 Å². The van der Waals surface area contributed by atoms with Gasteiger partial charge in [-0.3, -0.25) is 0 Å². The lowest BCUT2D eigenvalue weighted by molar-refractivity contribution is 0.560. The molecule has 1 unspecified atom stereocenters. The molecule has 0 spiro atoms. The van der Waals surface area contributed by atoms with Crippen LogP contribution >= 0.6 is 31.9 Å². The first-order valence-electron chi connectivity index (χ1n) is 7.42. The molecule has 1 atom stereocenters. The fourth-order valence-corrected chi connectivity index (χ4v) is 4.70. The molecule has 0 aliphatic carbocycles. The predicted molar refractivity (Wildman–Crippen MR) is 98.4 cm³/mol. The van der Waals surface area contributed by atoms with Crippen LogP contribution in [0.5, 0.6) is 0 Å². The first kappa shape index (κ1) is 14.5. The highest BCUT2D eigenvalue weighted by Gasteiger charge is 2.25. The minimum Gasteiger partial charge on any atom is -0.357 e. The Bertz CT molecular complexity index is 847. The maximum atomic E-state index is 3.65. The number of aromatic nitrogens is 1. The summed E-state index contributed by atoms with van der Waals surface area (Å²) in [4.78, 5) is 3.64. The van der Waals surface area contributed by atoms with Gasteiger partial charge in [-0.05, 0) is 54.8 Å². The van der Waals surface area contributed by atoms with Gasteiger partial charge in [0.15, 0.2) is 0 Å². The molecule has 4 heteroatoms. The van der Waals surface area contributed by atoms with Crippen LogP contribution in [0.4, 0.5) is 0 Å². The zero-order valence-corrected chi connectivity index (χ0v) is 15.4. The average Bonchev–Trinajstić information content (AvgIpc) is 2.84. The number of aryl methyl sites for hydroxylation is 1. The van der Waals surface area contributed by atoms with Crippen molar-refractivity contribution in [1.29, 1.82) is 0 Å². The minimum absolute atomic E-state index is 0.213. The number of fused-ring (bicyclic) bond motifs is 3. The van der Waals surface area contributed by atoms with E-state index < -0.39 is 0 Å². The molecule has 0 radical (unpaired) electrons. The van der Waals surface area contributed by atoms with Crippen molar-refractivity contribution in [3.63, 3.8) is 0 Å². The van der Waals surface area contributed by atoms with E-state index >= 15 is 0 Å². The number of halogens is 2. The normalized spacial score (nSPS) is 17.7. The van der Waals surface area contributed by atoms with Gasteiger partial charge in [-0.15, -0.1) is 0 Å². The fraction of sp³-hybridized carbons (Fsp3) is 0.222. The fourth-order valence-electron chi connectivity index (χ4n) is 3.37. The van der Waals surface area contributed by atoms with E-state index in [2.05, 4.69) is 85.5 Å². The van der Waals surface area contributed by atoms with Crippen molar-refractivity contribution < 1.29 is 0 Å².